The molecular formula is C9H12N2O. The minimum absolute atomic E-state index is 0.376. The van der Waals surface area contributed by atoms with E-state index >= 15 is 0 Å². The van der Waals surface area contributed by atoms with Crippen molar-refractivity contribution in [2.45, 2.75) is 13.5 Å². The lowest BCUT2D eigenvalue weighted by Crippen LogP contribution is -1.92. The molecule has 3 heteroatoms. The highest BCUT2D eigenvalue weighted by Crippen LogP contribution is 2.14. The quantitative estimate of drug-likeness (QED) is 0.692. The summed E-state index contributed by atoms with van der Waals surface area (Å²) >= 11 is 0. The summed E-state index contributed by atoms with van der Waals surface area (Å²) in [4.78, 5) is 0. The average Bonchev–Trinajstić information content (AvgIpc) is 2.55. The zero-order chi connectivity index (χ0) is 8.97. The fourth-order valence-corrected chi connectivity index (χ4v) is 0.916. The van der Waals surface area contributed by atoms with Gasteiger partial charge in [-0.1, -0.05) is 23.9 Å². The van der Waals surface area contributed by atoms with Crippen LogP contribution in [0.5, 0.6) is 0 Å². The van der Waals surface area contributed by atoms with Gasteiger partial charge in [-0.15, -0.1) is 0 Å². The van der Waals surface area contributed by atoms with Crippen LogP contribution in [-0.4, -0.2) is 5.16 Å². The van der Waals surface area contributed by atoms with Crippen LogP contribution in [-0.2, 0) is 6.54 Å². The second-order valence-corrected chi connectivity index (χ2v) is 2.33. The van der Waals surface area contributed by atoms with Crippen LogP contribution < -0.4 is 5.73 Å². The van der Waals surface area contributed by atoms with Gasteiger partial charge in [-0.3, -0.25) is 0 Å². The first-order valence-corrected chi connectivity index (χ1v) is 3.76. The molecule has 12 heavy (non-hydrogen) atoms. The first-order valence-electron chi connectivity index (χ1n) is 3.76. The lowest BCUT2D eigenvalue weighted by atomic mass is 10.2. The second kappa shape index (κ2) is 3.88. The monoisotopic (exact) mass is 164 g/mol. The van der Waals surface area contributed by atoms with Gasteiger partial charge < -0.3 is 10.3 Å². The van der Waals surface area contributed by atoms with Crippen LogP contribution in [0.2, 0.25) is 0 Å². The van der Waals surface area contributed by atoms with Gasteiger partial charge in [0.2, 0.25) is 0 Å². The van der Waals surface area contributed by atoms with E-state index in [4.69, 9.17) is 10.3 Å². The molecule has 64 valence electrons. The Morgan fingerprint density at radius 1 is 1.83 bits per heavy atom. The third kappa shape index (κ3) is 1.62. The molecule has 2 N–H and O–H groups in total. The number of hydrogen-bond donors (Lipinski definition) is 1. The number of aromatic nitrogens is 1. The van der Waals surface area contributed by atoms with E-state index in [1.54, 1.807) is 6.08 Å². The first-order chi connectivity index (χ1) is 5.81. The molecule has 1 aromatic rings. The number of nitrogens with two attached hydrogens (primary N) is 1. The Labute approximate surface area is 71.5 Å². The summed E-state index contributed by atoms with van der Waals surface area (Å²) in [6.45, 7) is 5.96. The maximum Gasteiger partial charge on any atom is 0.150 e. The highest BCUT2D eigenvalue weighted by atomic mass is 16.5. The molecule has 1 rings (SSSR count). The predicted octanol–water partition coefficient (Wildman–Crippen LogP) is 1.72. The van der Waals surface area contributed by atoms with Crippen molar-refractivity contribution in [1.29, 1.82) is 0 Å². The van der Waals surface area contributed by atoms with Crippen LogP contribution >= 0.6 is 0 Å². The largest absolute Gasteiger partial charge is 0.359 e. The number of rotatable bonds is 3. The predicted molar refractivity (Wildman–Crippen MR) is 48.2 cm³/mol. The first kappa shape index (κ1) is 8.74. The van der Waals surface area contributed by atoms with Crippen molar-refractivity contribution in [2.75, 3.05) is 0 Å². The molecule has 0 aromatic carbocycles. The van der Waals surface area contributed by atoms with Crippen LogP contribution in [0.15, 0.2) is 29.3 Å². The van der Waals surface area contributed by atoms with E-state index in [2.05, 4.69) is 11.7 Å². The molecule has 0 spiro atoms. The lowest BCUT2D eigenvalue weighted by Gasteiger charge is -1.90. The van der Waals surface area contributed by atoms with Gasteiger partial charge in [0, 0.05) is 6.07 Å². The molecule has 1 heterocycles. The van der Waals surface area contributed by atoms with Crippen molar-refractivity contribution >= 4 is 5.57 Å². The molecule has 1 aromatic heterocycles. The van der Waals surface area contributed by atoms with Crippen molar-refractivity contribution in [2.24, 2.45) is 5.73 Å². The zero-order valence-electron chi connectivity index (χ0n) is 7.08. The Morgan fingerprint density at radius 2 is 2.58 bits per heavy atom. The summed E-state index contributed by atoms with van der Waals surface area (Å²) in [5.41, 5.74) is 7.11. The van der Waals surface area contributed by atoms with Gasteiger partial charge in [-0.25, -0.2) is 0 Å². The van der Waals surface area contributed by atoms with Crippen LogP contribution in [0.1, 0.15) is 18.4 Å². The zero-order valence-corrected chi connectivity index (χ0v) is 7.08. The second-order valence-electron chi connectivity index (χ2n) is 2.33. The summed E-state index contributed by atoms with van der Waals surface area (Å²) in [6.07, 6.45) is 3.66. The SMILES string of the molecule is C=C/C(=C\C)c1cc(CN)on1. The van der Waals surface area contributed by atoms with Gasteiger partial charge in [0.05, 0.1) is 6.54 Å². The Kier molecular flexibility index (Phi) is 2.82. The summed E-state index contributed by atoms with van der Waals surface area (Å²) in [6, 6.07) is 1.82. The average molecular weight is 164 g/mol. The van der Waals surface area contributed by atoms with Gasteiger partial charge in [0.25, 0.3) is 0 Å². The van der Waals surface area contributed by atoms with E-state index in [1.165, 1.54) is 0 Å². The molecule has 0 fully saturated rings. The van der Waals surface area contributed by atoms with E-state index in [0.29, 0.717) is 12.3 Å². The number of hydrogen-bond acceptors (Lipinski definition) is 3. The van der Waals surface area contributed by atoms with Gasteiger partial charge in [-0.2, -0.15) is 0 Å². The molecule has 0 bridgehead atoms. The molecule has 0 radical (unpaired) electrons. The third-order valence-corrected chi connectivity index (χ3v) is 1.59. The van der Waals surface area contributed by atoms with Crippen LogP contribution in [0, 0.1) is 0 Å². The molecule has 0 amide bonds. The molecule has 0 aliphatic rings. The molecular weight excluding hydrogens is 152 g/mol. The smallest absolute Gasteiger partial charge is 0.150 e. The van der Waals surface area contributed by atoms with Crippen molar-refractivity contribution in [3.05, 3.63) is 36.3 Å². The van der Waals surface area contributed by atoms with Crippen molar-refractivity contribution in [3.8, 4) is 0 Å². The van der Waals surface area contributed by atoms with Crippen molar-refractivity contribution < 1.29 is 4.52 Å². The van der Waals surface area contributed by atoms with E-state index in [9.17, 15) is 0 Å². The van der Waals surface area contributed by atoms with Crippen LogP contribution in [0.4, 0.5) is 0 Å². The Bertz CT molecular complexity index is 299. The maximum absolute atomic E-state index is 5.37. The summed E-state index contributed by atoms with van der Waals surface area (Å²) < 4.78 is 4.93. The molecule has 0 aliphatic heterocycles. The molecule has 0 saturated carbocycles. The Balaban J connectivity index is 2.95. The van der Waals surface area contributed by atoms with Crippen molar-refractivity contribution in [3.63, 3.8) is 0 Å². The van der Waals surface area contributed by atoms with Gasteiger partial charge >= 0.3 is 0 Å². The molecule has 0 saturated heterocycles. The maximum atomic E-state index is 5.37. The van der Waals surface area contributed by atoms with Gasteiger partial charge in [-0.05, 0) is 12.5 Å². The van der Waals surface area contributed by atoms with E-state index in [0.717, 1.165) is 11.3 Å². The highest BCUT2D eigenvalue weighted by molar-refractivity contribution is 5.70. The lowest BCUT2D eigenvalue weighted by molar-refractivity contribution is 0.383. The van der Waals surface area contributed by atoms with E-state index in [1.807, 2.05) is 19.1 Å². The van der Waals surface area contributed by atoms with E-state index in [-0.39, 0.29) is 0 Å². The molecule has 0 atom stereocenters. The van der Waals surface area contributed by atoms with Crippen LogP contribution in [0.25, 0.3) is 5.57 Å². The highest BCUT2D eigenvalue weighted by Gasteiger charge is 2.03. The van der Waals surface area contributed by atoms with Crippen LogP contribution in [0.3, 0.4) is 0 Å². The van der Waals surface area contributed by atoms with Gasteiger partial charge in [0.1, 0.15) is 5.69 Å². The fraction of sp³-hybridized carbons (Fsp3) is 0.222. The van der Waals surface area contributed by atoms with Gasteiger partial charge in [0.15, 0.2) is 5.76 Å². The Hall–Kier alpha value is -1.35. The fourth-order valence-electron chi connectivity index (χ4n) is 0.916. The van der Waals surface area contributed by atoms with Crippen molar-refractivity contribution in [1.82, 2.24) is 5.16 Å². The minimum Gasteiger partial charge on any atom is -0.359 e. The third-order valence-electron chi connectivity index (χ3n) is 1.59. The molecule has 0 aliphatic carbocycles. The number of allylic oxidation sites excluding steroid dienone is 3. The molecule has 3 nitrogen and oxygen atoms in total. The topological polar surface area (TPSA) is 52.0 Å². The summed E-state index contributed by atoms with van der Waals surface area (Å²) in [5, 5.41) is 3.83. The van der Waals surface area contributed by atoms with E-state index < -0.39 is 0 Å². The molecule has 0 unspecified atom stereocenters. The Morgan fingerprint density at radius 3 is 3.00 bits per heavy atom. The number of nitrogens with zero attached hydrogens (tertiary/aromatic N) is 1. The minimum atomic E-state index is 0.376. The standard InChI is InChI=1S/C9H12N2O/c1-3-7(4-2)9-5-8(6-10)12-11-9/h3-5H,1,6,10H2,2H3/b7-4+. The normalized spacial score (nSPS) is 11.7. The summed E-state index contributed by atoms with van der Waals surface area (Å²) in [5.74, 6) is 0.686. The summed E-state index contributed by atoms with van der Waals surface area (Å²) in [7, 11) is 0.